The summed E-state index contributed by atoms with van der Waals surface area (Å²) in [5.74, 6) is 0.469. The van der Waals surface area contributed by atoms with Crippen LogP contribution >= 0.6 is 0 Å². The molecule has 1 atom stereocenters. The Morgan fingerprint density at radius 2 is 2.18 bits per heavy atom. The molecule has 3 nitrogen and oxygen atoms in total. The van der Waals surface area contributed by atoms with Gasteiger partial charge in [0.05, 0.1) is 6.61 Å². The molecule has 0 aliphatic carbocycles. The molecular weight excluding hydrogens is 310 g/mol. The van der Waals surface area contributed by atoms with Crippen LogP contribution in [-0.4, -0.2) is 64.2 Å². The van der Waals surface area contributed by atoms with Gasteiger partial charge in [0.2, 0.25) is 0 Å². The van der Waals surface area contributed by atoms with E-state index in [4.69, 9.17) is 4.55 Å². The van der Waals surface area contributed by atoms with Gasteiger partial charge in [-0.3, -0.25) is 8.74 Å². The van der Waals surface area contributed by atoms with Gasteiger partial charge in [-0.1, -0.05) is 13.8 Å². The van der Waals surface area contributed by atoms with Gasteiger partial charge in [-0.05, 0) is 12.3 Å². The molecule has 0 amide bonds. The van der Waals surface area contributed by atoms with E-state index in [1.165, 1.54) is 0 Å². The van der Waals surface area contributed by atoms with Crippen LogP contribution in [0.3, 0.4) is 0 Å². The molecule has 0 aromatic rings. The van der Waals surface area contributed by atoms with Gasteiger partial charge in [0, 0.05) is 11.2 Å². The third kappa shape index (κ3) is 14.7. The van der Waals surface area contributed by atoms with Crippen molar-refractivity contribution in [3.63, 3.8) is 0 Å². The molecule has 0 aliphatic heterocycles. The van der Waals surface area contributed by atoms with Crippen LogP contribution in [0.5, 0.6) is 0 Å². The van der Waals surface area contributed by atoms with Crippen LogP contribution < -0.4 is 0 Å². The molecule has 0 rings (SSSR count). The second-order valence-corrected chi connectivity index (χ2v) is 4.79. The van der Waals surface area contributed by atoms with Gasteiger partial charge in [0.1, 0.15) is 0 Å². The molecule has 0 fully saturated rings. The molecule has 0 saturated carbocycles. The van der Waals surface area contributed by atoms with Crippen molar-refractivity contribution in [2.24, 2.45) is 5.92 Å². The fourth-order valence-electron chi connectivity index (χ4n) is 0.389. The normalized spacial score (nSPS) is 15.6. The molecule has 0 aromatic heterocycles. The molecule has 0 spiro atoms. The van der Waals surface area contributed by atoms with Crippen LogP contribution in [0.25, 0.3) is 0 Å². The van der Waals surface area contributed by atoms with Gasteiger partial charge in [0.25, 0.3) is 9.05 Å². The summed E-state index contributed by atoms with van der Waals surface area (Å²) in [6, 6.07) is 0. The van der Waals surface area contributed by atoms with Crippen molar-refractivity contribution >= 4 is 69.1 Å². The van der Waals surface area contributed by atoms with Crippen molar-refractivity contribution < 1.29 is 15.8 Å². The monoisotopic (exact) mass is 324 g/mol. The molecule has 6 heteroatoms. The van der Waals surface area contributed by atoms with Gasteiger partial charge in [-0.15, -0.1) is 0 Å². The largest absolute Gasteiger partial charge is 2.00 e. The molecule has 0 aromatic carbocycles. The summed E-state index contributed by atoms with van der Waals surface area (Å²) >= 11 is 4.10. The van der Waals surface area contributed by atoms with Gasteiger partial charge in [0.15, 0.2) is 0 Å². The molecule has 0 aliphatic rings. The molecule has 1 unspecified atom stereocenters. The van der Waals surface area contributed by atoms with Crippen LogP contribution in [-0.2, 0) is 24.4 Å². The van der Waals surface area contributed by atoms with Crippen LogP contribution in [0.2, 0.25) is 0 Å². The Morgan fingerprint density at radius 1 is 1.73 bits per heavy atom. The summed E-state index contributed by atoms with van der Waals surface area (Å²) in [6.07, 6.45) is 0.758. The topological polar surface area (TPSA) is 46.5 Å². The SMILES string of the molecule is CC(C)CCOS(=O)(O)=S.[Ba+2].[H-].[H-]. The summed E-state index contributed by atoms with van der Waals surface area (Å²) in [4.78, 5) is 0. The average molecular weight is 324 g/mol. The summed E-state index contributed by atoms with van der Waals surface area (Å²) < 4.78 is 23.2. The van der Waals surface area contributed by atoms with Gasteiger partial charge >= 0.3 is 48.9 Å². The van der Waals surface area contributed by atoms with Crippen molar-refractivity contribution in [1.29, 1.82) is 0 Å². The van der Waals surface area contributed by atoms with Crippen molar-refractivity contribution in [3.8, 4) is 0 Å². The van der Waals surface area contributed by atoms with E-state index in [0.717, 1.165) is 6.42 Å². The van der Waals surface area contributed by atoms with Crippen LogP contribution in [0.15, 0.2) is 0 Å². The number of rotatable bonds is 4. The Labute approximate surface area is 116 Å². The smallest absolute Gasteiger partial charge is 1.00 e. The molecule has 0 bridgehead atoms. The van der Waals surface area contributed by atoms with E-state index in [9.17, 15) is 4.21 Å². The van der Waals surface area contributed by atoms with E-state index in [0.29, 0.717) is 5.92 Å². The summed E-state index contributed by atoms with van der Waals surface area (Å²) in [5, 5.41) is 0. The van der Waals surface area contributed by atoms with Crippen molar-refractivity contribution in [2.45, 2.75) is 20.3 Å². The number of hydrogen-bond acceptors (Lipinski definition) is 3. The Morgan fingerprint density at radius 3 is 2.45 bits per heavy atom. The second-order valence-electron chi connectivity index (χ2n) is 2.43. The zero-order chi connectivity index (χ0) is 8.20. The predicted octanol–water partition coefficient (Wildman–Crippen LogP) is 1.03. The Kier molecular flexibility index (Phi) is 10.2. The predicted molar refractivity (Wildman–Crippen MR) is 51.5 cm³/mol. The molecule has 0 radical (unpaired) electrons. The third-order valence-corrected chi connectivity index (χ3v) is 1.68. The standard InChI is InChI=1S/C5H12O3S2.Ba.2H/c1-5(2)3-4-8-10(6,7)9;;;/h5H,3-4H2,1-2H3,(H,6,7,9);;;/q;+2;2*-1. The van der Waals surface area contributed by atoms with Crippen molar-refractivity contribution in [3.05, 3.63) is 0 Å². The van der Waals surface area contributed by atoms with Gasteiger partial charge < -0.3 is 2.85 Å². The zero-order valence-electron chi connectivity index (χ0n) is 8.78. The summed E-state index contributed by atoms with van der Waals surface area (Å²) in [6.45, 7) is 4.27. The van der Waals surface area contributed by atoms with Gasteiger partial charge in [-0.25, -0.2) is 0 Å². The van der Waals surface area contributed by atoms with E-state index < -0.39 is 9.05 Å². The van der Waals surface area contributed by atoms with Crippen LogP contribution in [0.4, 0.5) is 0 Å². The first-order valence-electron chi connectivity index (χ1n) is 3.03. The molecular formula is C5H14BaO3S2. The van der Waals surface area contributed by atoms with E-state index in [1.54, 1.807) is 0 Å². The molecule has 11 heavy (non-hydrogen) atoms. The quantitative estimate of drug-likeness (QED) is 0.785. The molecule has 1 N–H and O–H groups in total. The van der Waals surface area contributed by atoms with Crippen LogP contribution in [0.1, 0.15) is 23.1 Å². The van der Waals surface area contributed by atoms with Crippen LogP contribution in [0, 0.1) is 5.92 Å². The van der Waals surface area contributed by atoms with E-state index in [1.807, 2.05) is 13.8 Å². The minimum Gasteiger partial charge on any atom is -1.00 e. The first-order valence-corrected chi connectivity index (χ1v) is 5.40. The molecule has 0 saturated heterocycles. The van der Waals surface area contributed by atoms with Crippen molar-refractivity contribution in [2.75, 3.05) is 6.61 Å². The molecule has 0 heterocycles. The van der Waals surface area contributed by atoms with Crippen molar-refractivity contribution in [1.82, 2.24) is 0 Å². The first-order chi connectivity index (χ1) is 4.42. The summed E-state index contributed by atoms with van der Waals surface area (Å²) in [5.41, 5.74) is 0. The Bertz CT molecular complexity index is 184. The third-order valence-electron chi connectivity index (χ3n) is 0.927. The maximum absolute atomic E-state index is 10.3. The Hall–Kier alpha value is 1.86. The average Bonchev–Trinajstić information content (AvgIpc) is 1.59. The van der Waals surface area contributed by atoms with E-state index in [-0.39, 0.29) is 58.3 Å². The van der Waals surface area contributed by atoms with E-state index >= 15 is 0 Å². The minimum atomic E-state index is -3.39. The number of hydrogen-bond donors (Lipinski definition) is 1. The fourth-order valence-corrected chi connectivity index (χ4v) is 0.900. The zero-order valence-corrected chi connectivity index (χ0v) is 12.9. The fraction of sp³-hybridized carbons (Fsp3) is 1.00. The minimum absolute atomic E-state index is 0. The van der Waals surface area contributed by atoms with Gasteiger partial charge in [-0.2, -0.15) is 4.21 Å². The maximum atomic E-state index is 10.3. The molecule has 66 valence electrons. The Balaban J connectivity index is -0.000000135. The first kappa shape index (κ1) is 15.3. The maximum Gasteiger partial charge on any atom is 2.00 e. The summed E-state index contributed by atoms with van der Waals surface area (Å²) in [7, 11) is -3.39. The second kappa shape index (κ2) is 7.28. The van der Waals surface area contributed by atoms with E-state index in [2.05, 4.69) is 15.4 Å².